The summed E-state index contributed by atoms with van der Waals surface area (Å²) in [6.45, 7) is 2.08. The zero-order valence-corrected chi connectivity index (χ0v) is 12.2. The zero-order chi connectivity index (χ0) is 14.8. The third-order valence-corrected chi connectivity index (χ3v) is 3.26. The van der Waals surface area contributed by atoms with Gasteiger partial charge in [0.15, 0.2) is 0 Å². The van der Waals surface area contributed by atoms with E-state index in [2.05, 4.69) is 35.5 Å². The molecule has 0 saturated heterocycles. The van der Waals surface area contributed by atoms with E-state index in [1.165, 1.54) is 11.1 Å². The maximum atomic E-state index is 5.67. The van der Waals surface area contributed by atoms with Gasteiger partial charge in [-0.1, -0.05) is 66.6 Å². The van der Waals surface area contributed by atoms with Crippen LogP contribution in [0.4, 0.5) is 0 Å². The number of ether oxygens (including phenoxy) is 1. The second-order valence-electron chi connectivity index (χ2n) is 4.91. The fourth-order valence-corrected chi connectivity index (χ4v) is 2.05. The Labute approximate surface area is 127 Å². The Morgan fingerprint density at radius 3 is 2.19 bits per heavy atom. The topological polar surface area (TPSA) is 21.3 Å². The van der Waals surface area contributed by atoms with Gasteiger partial charge in [-0.2, -0.15) is 0 Å². The molecular weight excluding hydrogens is 258 g/mol. The van der Waals surface area contributed by atoms with Crippen molar-refractivity contribution < 1.29 is 4.74 Å². The van der Waals surface area contributed by atoms with Crippen molar-refractivity contribution in [2.75, 3.05) is 6.61 Å². The lowest BCUT2D eigenvalue weighted by Gasteiger charge is -2.13. The van der Waals surface area contributed by atoms with E-state index in [-0.39, 0.29) is 6.04 Å². The second kappa shape index (κ2) is 8.97. The van der Waals surface area contributed by atoms with Crippen LogP contribution in [0.1, 0.15) is 17.5 Å². The lowest BCUT2D eigenvalue weighted by Crippen LogP contribution is -2.28. The summed E-state index contributed by atoms with van der Waals surface area (Å²) in [7, 11) is 0. The highest BCUT2D eigenvalue weighted by molar-refractivity contribution is 5.15. The summed E-state index contributed by atoms with van der Waals surface area (Å²) < 4.78 is 5.67. The van der Waals surface area contributed by atoms with Crippen LogP contribution in [0.15, 0.2) is 60.7 Å². The van der Waals surface area contributed by atoms with Crippen LogP contribution in [-0.4, -0.2) is 12.6 Å². The average Bonchev–Trinajstić information content (AvgIpc) is 2.56. The van der Waals surface area contributed by atoms with Crippen molar-refractivity contribution in [3.05, 3.63) is 71.8 Å². The van der Waals surface area contributed by atoms with Gasteiger partial charge in [-0.3, -0.25) is 5.32 Å². The quantitative estimate of drug-likeness (QED) is 0.591. The molecule has 0 spiro atoms. The van der Waals surface area contributed by atoms with Gasteiger partial charge in [0.1, 0.15) is 0 Å². The summed E-state index contributed by atoms with van der Waals surface area (Å²) in [4.78, 5) is 0. The van der Waals surface area contributed by atoms with Crippen LogP contribution in [0, 0.1) is 12.3 Å². The van der Waals surface area contributed by atoms with Gasteiger partial charge in [-0.25, -0.2) is 0 Å². The van der Waals surface area contributed by atoms with Crippen LogP contribution in [0.25, 0.3) is 0 Å². The van der Waals surface area contributed by atoms with Crippen LogP contribution in [-0.2, 0) is 17.9 Å². The van der Waals surface area contributed by atoms with Crippen LogP contribution in [0.2, 0.25) is 0 Å². The SMILES string of the molecule is C#CC(CCOCc1ccccc1)NCc1ccccc1. The van der Waals surface area contributed by atoms with Crippen LogP contribution in [0.5, 0.6) is 0 Å². The normalized spacial score (nSPS) is 11.8. The van der Waals surface area contributed by atoms with Crippen LogP contribution >= 0.6 is 0 Å². The predicted molar refractivity (Wildman–Crippen MR) is 86.6 cm³/mol. The van der Waals surface area contributed by atoms with Crippen LogP contribution in [0.3, 0.4) is 0 Å². The molecule has 0 radical (unpaired) electrons. The Morgan fingerprint density at radius 1 is 0.952 bits per heavy atom. The molecule has 0 heterocycles. The minimum Gasteiger partial charge on any atom is -0.377 e. The molecule has 2 aromatic carbocycles. The molecule has 2 rings (SSSR count). The number of terminal acetylenes is 1. The lowest BCUT2D eigenvalue weighted by atomic mass is 10.2. The Kier molecular flexibility index (Phi) is 6.54. The molecule has 0 aromatic heterocycles. The van der Waals surface area contributed by atoms with Crippen LogP contribution < -0.4 is 5.32 Å². The largest absolute Gasteiger partial charge is 0.377 e. The summed E-state index contributed by atoms with van der Waals surface area (Å²) in [6.07, 6.45) is 6.38. The highest BCUT2D eigenvalue weighted by Crippen LogP contribution is 2.03. The predicted octanol–water partition coefficient (Wildman–Crippen LogP) is 3.38. The molecule has 21 heavy (non-hydrogen) atoms. The highest BCUT2D eigenvalue weighted by atomic mass is 16.5. The van der Waals surface area contributed by atoms with Gasteiger partial charge in [0, 0.05) is 13.2 Å². The average molecular weight is 279 g/mol. The summed E-state index contributed by atoms with van der Waals surface area (Å²) in [5.74, 6) is 2.78. The summed E-state index contributed by atoms with van der Waals surface area (Å²) >= 11 is 0. The molecule has 1 atom stereocenters. The zero-order valence-electron chi connectivity index (χ0n) is 12.2. The van der Waals surface area contributed by atoms with Crippen molar-refractivity contribution in [3.63, 3.8) is 0 Å². The molecular formula is C19H21NO. The van der Waals surface area contributed by atoms with Gasteiger partial charge >= 0.3 is 0 Å². The van der Waals surface area contributed by atoms with E-state index in [0.717, 1.165) is 13.0 Å². The van der Waals surface area contributed by atoms with Crippen molar-refractivity contribution in [1.29, 1.82) is 0 Å². The van der Waals surface area contributed by atoms with E-state index in [1.807, 2.05) is 36.4 Å². The molecule has 0 aliphatic carbocycles. The lowest BCUT2D eigenvalue weighted by molar-refractivity contribution is 0.115. The van der Waals surface area contributed by atoms with Gasteiger partial charge < -0.3 is 4.74 Å². The van der Waals surface area contributed by atoms with Gasteiger partial charge in [-0.05, 0) is 17.5 Å². The van der Waals surface area contributed by atoms with E-state index >= 15 is 0 Å². The third-order valence-electron chi connectivity index (χ3n) is 3.26. The first-order valence-electron chi connectivity index (χ1n) is 7.23. The molecule has 0 aliphatic rings. The number of benzene rings is 2. The molecule has 0 bridgehead atoms. The van der Waals surface area contributed by atoms with E-state index in [1.54, 1.807) is 0 Å². The third kappa shape index (κ3) is 5.83. The van der Waals surface area contributed by atoms with Gasteiger partial charge in [0.05, 0.1) is 12.6 Å². The van der Waals surface area contributed by atoms with Crippen molar-refractivity contribution in [2.24, 2.45) is 0 Å². The van der Waals surface area contributed by atoms with Gasteiger partial charge in [-0.15, -0.1) is 6.42 Å². The molecule has 1 unspecified atom stereocenters. The standard InChI is InChI=1S/C19H21NO/c1-2-19(20-15-17-9-5-3-6-10-17)13-14-21-16-18-11-7-4-8-12-18/h1,3-12,19-20H,13-16H2. The molecule has 0 saturated carbocycles. The van der Waals surface area contributed by atoms with E-state index in [0.29, 0.717) is 13.2 Å². The number of nitrogens with one attached hydrogen (secondary N) is 1. The fraction of sp³-hybridized carbons (Fsp3) is 0.263. The first-order valence-corrected chi connectivity index (χ1v) is 7.23. The molecule has 108 valence electrons. The fourth-order valence-electron chi connectivity index (χ4n) is 2.05. The Morgan fingerprint density at radius 2 is 1.57 bits per heavy atom. The van der Waals surface area contributed by atoms with Crippen molar-refractivity contribution in [3.8, 4) is 12.3 Å². The highest BCUT2D eigenvalue weighted by Gasteiger charge is 2.04. The van der Waals surface area contributed by atoms with E-state index in [9.17, 15) is 0 Å². The molecule has 0 fully saturated rings. The minimum atomic E-state index is 0.0426. The van der Waals surface area contributed by atoms with Gasteiger partial charge in [0.2, 0.25) is 0 Å². The second-order valence-corrected chi connectivity index (χ2v) is 4.91. The van der Waals surface area contributed by atoms with Crippen molar-refractivity contribution in [1.82, 2.24) is 5.32 Å². The van der Waals surface area contributed by atoms with Gasteiger partial charge in [0.25, 0.3) is 0 Å². The molecule has 0 amide bonds. The monoisotopic (exact) mass is 279 g/mol. The van der Waals surface area contributed by atoms with E-state index in [4.69, 9.17) is 11.2 Å². The summed E-state index contributed by atoms with van der Waals surface area (Å²) in [5.41, 5.74) is 2.43. The first kappa shape index (κ1) is 15.3. The van der Waals surface area contributed by atoms with Crippen molar-refractivity contribution in [2.45, 2.75) is 25.6 Å². The number of rotatable bonds is 8. The number of hydrogen-bond acceptors (Lipinski definition) is 2. The molecule has 2 heteroatoms. The Balaban J connectivity index is 1.65. The Bertz CT molecular complexity index is 545. The number of hydrogen-bond donors (Lipinski definition) is 1. The van der Waals surface area contributed by atoms with E-state index < -0.39 is 0 Å². The first-order chi connectivity index (χ1) is 10.4. The molecule has 2 nitrogen and oxygen atoms in total. The maximum Gasteiger partial charge on any atom is 0.0716 e. The smallest absolute Gasteiger partial charge is 0.0716 e. The Hall–Kier alpha value is -2.08. The molecule has 2 aromatic rings. The van der Waals surface area contributed by atoms with Crippen molar-refractivity contribution >= 4 is 0 Å². The molecule has 1 N–H and O–H groups in total. The summed E-state index contributed by atoms with van der Waals surface area (Å²) in [6, 6.07) is 20.5. The molecule has 0 aliphatic heterocycles. The maximum absolute atomic E-state index is 5.67. The minimum absolute atomic E-state index is 0.0426. The summed E-state index contributed by atoms with van der Waals surface area (Å²) in [5, 5.41) is 3.37.